The van der Waals surface area contributed by atoms with Crippen molar-refractivity contribution in [3.8, 4) is 0 Å². The van der Waals surface area contributed by atoms with Crippen molar-refractivity contribution in [2.45, 2.75) is 0 Å². The van der Waals surface area contributed by atoms with Gasteiger partial charge in [-0.1, -0.05) is 12.1 Å². The van der Waals surface area contributed by atoms with Crippen molar-refractivity contribution >= 4 is 30.5 Å². The monoisotopic (exact) mass is 294 g/mol. The largest absolute Gasteiger partial charge is 0.333 e. The zero-order chi connectivity index (χ0) is 14.1. The molecule has 1 rings (SSSR count). The highest BCUT2D eigenvalue weighted by Crippen LogP contribution is 2.15. The second kappa shape index (κ2) is 4.57. The molecule has 0 radical (unpaired) electrons. The normalized spacial score (nSPS) is 12.1. The highest BCUT2D eigenvalue weighted by Gasteiger charge is 2.30. The summed E-state index contributed by atoms with van der Waals surface area (Å²) in [6, 6.07) is 3.96. The molecule has 10 heteroatoms. The van der Waals surface area contributed by atoms with E-state index in [-0.39, 0.29) is 0 Å². The van der Waals surface area contributed by atoms with Gasteiger partial charge in [-0.05, 0) is 12.1 Å². The Morgan fingerprint density at radius 2 is 1.06 bits per heavy atom. The maximum Gasteiger partial charge on any atom is 0.333 e. The van der Waals surface area contributed by atoms with E-state index in [0.717, 1.165) is 24.3 Å². The molecule has 98 valence electrons. The van der Waals surface area contributed by atoms with Crippen molar-refractivity contribution in [1.29, 1.82) is 0 Å². The average Bonchev–Trinajstić information content (AvgIpc) is 2.24. The molecule has 1 aromatic rings. The standard InChI is InChI=1S/C8H6O8S2/c9-7(17(11,12)13)5-3-1-2-4-6(5)8(10)18(14,15)16/h1-4H,(H,11,12,13)(H,14,15,16). The summed E-state index contributed by atoms with van der Waals surface area (Å²) in [4.78, 5) is 22.5. The molecule has 8 nitrogen and oxygen atoms in total. The fourth-order valence-corrected chi connectivity index (χ4v) is 2.03. The number of rotatable bonds is 2. The number of hydrogen-bond acceptors (Lipinski definition) is 6. The summed E-state index contributed by atoms with van der Waals surface area (Å²) in [6.45, 7) is 0. The van der Waals surface area contributed by atoms with Gasteiger partial charge in [0.05, 0.1) is 0 Å². The summed E-state index contributed by atoms with van der Waals surface area (Å²) < 4.78 is 59.7. The Balaban J connectivity index is 3.52. The molecule has 0 heterocycles. The number of benzene rings is 1. The lowest BCUT2D eigenvalue weighted by Crippen LogP contribution is -2.21. The van der Waals surface area contributed by atoms with Crippen molar-refractivity contribution in [2.75, 3.05) is 0 Å². The molecule has 1 aromatic carbocycles. The van der Waals surface area contributed by atoms with E-state index in [2.05, 4.69) is 0 Å². The van der Waals surface area contributed by atoms with Crippen molar-refractivity contribution in [2.24, 2.45) is 0 Å². The van der Waals surface area contributed by atoms with Crippen molar-refractivity contribution < 1.29 is 35.5 Å². The van der Waals surface area contributed by atoms with Crippen LogP contribution in [0.3, 0.4) is 0 Å². The fraction of sp³-hybridized carbons (Fsp3) is 0. The van der Waals surface area contributed by atoms with Gasteiger partial charge >= 0.3 is 30.5 Å². The lowest BCUT2D eigenvalue weighted by molar-refractivity contribution is 0.103. The molecule has 0 bridgehead atoms. The molecule has 0 aliphatic rings. The van der Waals surface area contributed by atoms with Crippen LogP contribution in [-0.2, 0) is 20.2 Å². The van der Waals surface area contributed by atoms with Crippen LogP contribution in [0.2, 0.25) is 0 Å². The van der Waals surface area contributed by atoms with E-state index in [4.69, 9.17) is 9.11 Å². The molecule has 0 unspecified atom stereocenters. The Bertz CT molecular complexity index is 650. The lowest BCUT2D eigenvalue weighted by Gasteiger charge is -2.03. The second-order valence-corrected chi connectivity index (χ2v) is 5.71. The first kappa shape index (κ1) is 14.4. The van der Waals surface area contributed by atoms with Crippen molar-refractivity contribution in [3.05, 3.63) is 35.4 Å². The van der Waals surface area contributed by atoms with E-state index >= 15 is 0 Å². The van der Waals surface area contributed by atoms with Crippen LogP contribution in [0.1, 0.15) is 20.7 Å². The van der Waals surface area contributed by atoms with Gasteiger partial charge in [-0.15, -0.1) is 0 Å². The first-order valence-electron chi connectivity index (χ1n) is 4.18. The van der Waals surface area contributed by atoms with Crippen LogP contribution in [0.25, 0.3) is 0 Å². The first-order chi connectivity index (χ1) is 8.05. The number of hydrogen-bond donors (Lipinski definition) is 2. The summed E-state index contributed by atoms with van der Waals surface area (Å²) in [5, 5.41) is -3.68. The van der Waals surface area contributed by atoms with Crippen LogP contribution in [-0.4, -0.2) is 36.2 Å². The predicted octanol–water partition coefficient (Wildman–Crippen LogP) is -0.257. The summed E-state index contributed by atoms with van der Waals surface area (Å²) in [7, 11) is -10.2. The van der Waals surface area contributed by atoms with Crippen LogP contribution in [0, 0.1) is 0 Å². The Hall–Kier alpha value is -1.62. The third-order valence-electron chi connectivity index (χ3n) is 1.84. The van der Waals surface area contributed by atoms with Crippen LogP contribution < -0.4 is 0 Å². The molecule has 2 N–H and O–H groups in total. The molecule has 18 heavy (non-hydrogen) atoms. The van der Waals surface area contributed by atoms with Gasteiger partial charge in [0.1, 0.15) is 0 Å². The van der Waals surface area contributed by atoms with Crippen molar-refractivity contribution in [1.82, 2.24) is 0 Å². The average molecular weight is 294 g/mol. The van der Waals surface area contributed by atoms with Gasteiger partial charge in [0.15, 0.2) is 0 Å². The van der Waals surface area contributed by atoms with Gasteiger partial charge in [0.25, 0.3) is 0 Å². The molecule has 0 aliphatic carbocycles. The zero-order valence-electron chi connectivity index (χ0n) is 8.47. The predicted molar refractivity (Wildman–Crippen MR) is 58.2 cm³/mol. The Labute approximate surface area is 102 Å². The fourth-order valence-electron chi connectivity index (χ4n) is 1.12. The summed E-state index contributed by atoms with van der Waals surface area (Å²) in [5.74, 6) is 0. The minimum absolute atomic E-state index is 0.828. The maximum absolute atomic E-state index is 11.3. The SMILES string of the molecule is O=C(c1ccccc1C(=O)S(=O)(=O)O)S(=O)(=O)O. The van der Waals surface area contributed by atoms with E-state index < -0.39 is 41.6 Å². The highest BCUT2D eigenvalue weighted by atomic mass is 32.2. The minimum atomic E-state index is -5.12. The molecular formula is C8H6O8S2. The molecule has 0 fully saturated rings. The summed E-state index contributed by atoms with van der Waals surface area (Å²) in [6.07, 6.45) is 0. The molecule has 0 saturated carbocycles. The van der Waals surface area contributed by atoms with Gasteiger partial charge in [-0.2, -0.15) is 16.8 Å². The Morgan fingerprint density at radius 1 is 0.778 bits per heavy atom. The maximum atomic E-state index is 11.3. The third kappa shape index (κ3) is 2.98. The highest BCUT2D eigenvalue weighted by molar-refractivity contribution is 8.02. The third-order valence-corrected chi connectivity index (χ3v) is 3.21. The zero-order valence-corrected chi connectivity index (χ0v) is 10.1. The topological polar surface area (TPSA) is 143 Å². The van der Waals surface area contributed by atoms with Gasteiger partial charge in [0, 0.05) is 11.1 Å². The summed E-state index contributed by atoms with van der Waals surface area (Å²) >= 11 is 0. The van der Waals surface area contributed by atoms with E-state index in [0.29, 0.717) is 0 Å². The molecule has 0 atom stereocenters. The Morgan fingerprint density at radius 3 is 1.28 bits per heavy atom. The minimum Gasteiger partial charge on any atom is -0.279 e. The first-order valence-corrected chi connectivity index (χ1v) is 7.06. The van der Waals surface area contributed by atoms with E-state index in [9.17, 15) is 26.4 Å². The van der Waals surface area contributed by atoms with E-state index in [1.807, 2.05) is 0 Å². The molecule has 0 spiro atoms. The van der Waals surface area contributed by atoms with Crippen LogP contribution in [0.4, 0.5) is 0 Å². The molecule has 0 amide bonds. The van der Waals surface area contributed by atoms with Gasteiger partial charge in [-0.3, -0.25) is 18.7 Å². The molecule has 0 aromatic heterocycles. The van der Waals surface area contributed by atoms with Gasteiger partial charge in [0.2, 0.25) is 0 Å². The lowest BCUT2D eigenvalue weighted by atomic mass is 10.1. The Kier molecular flexibility index (Phi) is 3.67. The molecule has 0 aliphatic heterocycles. The van der Waals surface area contributed by atoms with Gasteiger partial charge in [-0.25, -0.2) is 0 Å². The van der Waals surface area contributed by atoms with Crippen LogP contribution in [0.5, 0.6) is 0 Å². The van der Waals surface area contributed by atoms with Crippen LogP contribution >= 0.6 is 0 Å². The van der Waals surface area contributed by atoms with E-state index in [1.54, 1.807) is 0 Å². The molecular weight excluding hydrogens is 288 g/mol. The summed E-state index contributed by atoms with van der Waals surface area (Å²) in [5.41, 5.74) is -1.69. The quantitative estimate of drug-likeness (QED) is 0.710. The van der Waals surface area contributed by atoms with Crippen LogP contribution in [0.15, 0.2) is 24.3 Å². The second-order valence-electron chi connectivity index (χ2n) is 3.07. The van der Waals surface area contributed by atoms with Crippen molar-refractivity contribution in [3.63, 3.8) is 0 Å². The van der Waals surface area contributed by atoms with Gasteiger partial charge < -0.3 is 0 Å². The molecule has 0 saturated heterocycles. The number of carbonyl (C=O) groups is 2. The van der Waals surface area contributed by atoms with E-state index in [1.165, 1.54) is 0 Å². The number of carbonyl (C=O) groups excluding carboxylic acids is 2. The smallest absolute Gasteiger partial charge is 0.279 e.